The summed E-state index contributed by atoms with van der Waals surface area (Å²) in [5.41, 5.74) is 1.21. The van der Waals surface area contributed by atoms with Crippen LogP contribution in [-0.2, 0) is 0 Å². The molecule has 0 unspecified atom stereocenters. The smallest absolute Gasteiger partial charge is 0.387 e. The normalized spacial score (nSPS) is 12.2. The molecule has 1 aromatic heterocycles. The molecule has 4 nitrogen and oxygen atoms in total. The van der Waals surface area contributed by atoms with E-state index in [4.69, 9.17) is 4.42 Å². The number of rotatable bonds is 5. The minimum Gasteiger partial charge on any atom is -0.472 e. The molecule has 1 atom stereocenters. The highest BCUT2D eigenvalue weighted by molar-refractivity contribution is 5.94. The van der Waals surface area contributed by atoms with E-state index in [2.05, 4.69) is 10.1 Å². The van der Waals surface area contributed by atoms with Crippen molar-refractivity contribution in [2.24, 2.45) is 0 Å². The molecule has 0 aliphatic heterocycles. The Morgan fingerprint density at radius 2 is 1.95 bits per heavy atom. The molecule has 20 heavy (non-hydrogen) atoms. The Hall–Kier alpha value is -2.37. The van der Waals surface area contributed by atoms with Crippen molar-refractivity contribution in [3.8, 4) is 5.75 Å². The molecular formula is C14H13F2NO3. The Morgan fingerprint density at radius 1 is 1.25 bits per heavy atom. The Bertz CT molecular complexity index is 552. The van der Waals surface area contributed by atoms with Crippen LogP contribution < -0.4 is 10.1 Å². The van der Waals surface area contributed by atoms with Crippen LogP contribution in [0.3, 0.4) is 0 Å². The van der Waals surface area contributed by atoms with Crippen LogP contribution in [0.4, 0.5) is 8.78 Å². The van der Waals surface area contributed by atoms with Gasteiger partial charge in [-0.15, -0.1) is 0 Å². The van der Waals surface area contributed by atoms with Gasteiger partial charge in [-0.3, -0.25) is 4.79 Å². The molecule has 0 aliphatic rings. The summed E-state index contributed by atoms with van der Waals surface area (Å²) in [6.07, 6.45) is 2.76. The van der Waals surface area contributed by atoms with Gasteiger partial charge in [-0.2, -0.15) is 8.78 Å². The van der Waals surface area contributed by atoms with E-state index >= 15 is 0 Å². The maximum atomic E-state index is 12.0. The number of alkyl halides is 2. The Labute approximate surface area is 114 Å². The third-order valence-electron chi connectivity index (χ3n) is 2.74. The van der Waals surface area contributed by atoms with Gasteiger partial charge in [0.05, 0.1) is 17.9 Å². The van der Waals surface area contributed by atoms with Crippen molar-refractivity contribution in [1.29, 1.82) is 0 Å². The molecule has 1 aromatic carbocycles. The van der Waals surface area contributed by atoms with Gasteiger partial charge < -0.3 is 14.5 Å². The molecule has 0 saturated carbocycles. The molecule has 2 aromatic rings. The molecule has 1 amide bonds. The number of carbonyl (C=O) groups is 1. The van der Waals surface area contributed by atoms with Crippen LogP contribution in [0.1, 0.15) is 28.9 Å². The van der Waals surface area contributed by atoms with Crippen LogP contribution in [0, 0.1) is 0 Å². The zero-order valence-electron chi connectivity index (χ0n) is 10.7. The number of ether oxygens (including phenoxy) is 1. The maximum Gasteiger partial charge on any atom is 0.387 e. The Balaban J connectivity index is 1.98. The molecule has 0 aliphatic carbocycles. The fourth-order valence-electron chi connectivity index (χ4n) is 1.69. The number of hydrogen-bond donors (Lipinski definition) is 1. The summed E-state index contributed by atoms with van der Waals surface area (Å²) in [7, 11) is 0. The number of halogens is 2. The SMILES string of the molecule is C[C@H](NC(=O)c1ccoc1)c1ccc(OC(F)F)cc1. The Morgan fingerprint density at radius 3 is 2.50 bits per heavy atom. The second kappa shape index (κ2) is 6.18. The average molecular weight is 281 g/mol. The molecule has 106 valence electrons. The highest BCUT2D eigenvalue weighted by Gasteiger charge is 2.12. The van der Waals surface area contributed by atoms with Crippen molar-refractivity contribution in [3.63, 3.8) is 0 Å². The van der Waals surface area contributed by atoms with Gasteiger partial charge >= 0.3 is 6.61 Å². The van der Waals surface area contributed by atoms with Crippen molar-refractivity contribution in [2.45, 2.75) is 19.6 Å². The molecule has 0 saturated heterocycles. The number of hydrogen-bond acceptors (Lipinski definition) is 3. The van der Waals surface area contributed by atoms with Gasteiger partial charge in [0.2, 0.25) is 0 Å². The molecule has 1 N–H and O–H groups in total. The van der Waals surface area contributed by atoms with Crippen molar-refractivity contribution >= 4 is 5.91 Å². The van der Waals surface area contributed by atoms with Crippen LogP contribution in [0.5, 0.6) is 5.75 Å². The average Bonchev–Trinajstić information content (AvgIpc) is 2.92. The predicted octanol–water partition coefficient (Wildman–Crippen LogP) is 3.37. The van der Waals surface area contributed by atoms with Crippen LogP contribution in [-0.4, -0.2) is 12.5 Å². The quantitative estimate of drug-likeness (QED) is 0.914. The van der Waals surface area contributed by atoms with E-state index in [9.17, 15) is 13.6 Å². The van der Waals surface area contributed by atoms with Gasteiger partial charge in [0.1, 0.15) is 12.0 Å². The minimum atomic E-state index is -2.85. The molecule has 0 bridgehead atoms. The van der Waals surface area contributed by atoms with Crippen molar-refractivity contribution in [1.82, 2.24) is 5.32 Å². The Kier molecular flexibility index (Phi) is 4.34. The predicted molar refractivity (Wildman–Crippen MR) is 67.7 cm³/mol. The van der Waals surface area contributed by atoms with Gasteiger partial charge in [-0.1, -0.05) is 12.1 Å². The van der Waals surface area contributed by atoms with Crippen LogP contribution in [0.25, 0.3) is 0 Å². The van der Waals surface area contributed by atoms with Crippen molar-refractivity contribution in [2.75, 3.05) is 0 Å². The van der Waals surface area contributed by atoms with Gasteiger partial charge in [-0.25, -0.2) is 0 Å². The molecule has 0 spiro atoms. The summed E-state index contributed by atoms with van der Waals surface area (Å²) in [5.74, 6) is -0.184. The van der Waals surface area contributed by atoms with E-state index in [0.29, 0.717) is 5.56 Å². The lowest BCUT2D eigenvalue weighted by Crippen LogP contribution is -2.26. The van der Waals surface area contributed by atoms with Crippen LogP contribution >= 0.6 is 0 Å². The number of carbonyl (C=O) groups excluding carboxylic acids is 1. The highest BCUT2D eigenvalue weighted by atomic mass is 19.3. The molecule has 0 fully saturated rings. The fraction of sp³-hybridized carbons (Fsp3) is 0.214. The summed E-state index contributed by atoms with van der Waals surface area (Å²) in [4.78, 5) is 11.8. The lowest BCUT2D eigenvalue weighted by atomic mass is 10.1. The van der Waals surface area contributed by atoms with Gasteiger partial charge in [0.15, 0.2) is 0 Å². The van der Waals surface area contributed by atoms with Gasteiger partial charge in [0, 0.05) is 0 Å². The standard InChI is InChI=1S/C14H13F2NO3/c1-9(17-13(18)11-6-7-19-8-11)10-2-4-12(5-3-10)20-14(15)16/h2-9,14H,1H3,(H,17,18)/t9-/m0/s1. The topological polar surface area (TPSA) is 51.5 Å². The molecule has 0 radical (unpaired) electrons. The molecular weight excluding hydrogens is 268 g/mol. The van der Waals surface area contributed by atoms with E-state index < -0.39 is 6.61 Å². The third kappa shape index (κ3) is 3.57. The number of benzene rings is 1. The first-order chi connectivity index (χ1) is 9.56. The molecule has 2 rings (SSSR count). The number of furan rings is 1. The van der Waals surface area contributed by atoms with E-state index in [0.717, 1.165) is 5.56 Å². The largest absolute Gasteiger partial charge is 0.472 e. The van der Waals surface area contributed by atoms with E-state index in [1.165, 1.54) is 24.7 Å². The lowest BCUT2D eigenvalue weighted by molar-refractivity contribution is -0.0498. The van der Waals surface area contributed by atoms with Crippen LogP contribution in [0.2, 0.25) is 0 Å². The first-order valence-electron chi connectivity index (χ1n) is 5.94. The second-order valence-electron chi connectivity index (χ2n) is 4.15. The van der Waals surface area contributed by atoms with Gasteiger partial charge in [-0.05, 0) is 30.7 Å². The van der Waals surface area contributed by atoms with E-state index in [1.54, 1.807) is 25.1 Å². The first-order valence-corrected chi connectivity index (χ1v) is 5.94. The van der Waals surface area contributed by atoms with Gasteiger partial charge in [0.25, 0.3) is 5.91 Å². The minimum absolute atomic E-state index is 0.0807. The number of amides is 1. The van der Waals surface area contributed by atoms with Crippen LogP contribution in [0.15, 0.2) is 47.3 Å². The molecule has 1 heterocycles. The highest BCUT2D eigenvalue weighted by Crippen LogP contribution is 2.19. The van der Waals surface area contributed by atoms with E-state index in [1.807, 2.05) is 0 Å². The summed E-state index contributed by atoms with van der Waals surface area (Å²) >= 11 is 0. The monoisotopic (exact) mass is 281 g/mol. The summed E-state index contributed by atoms with van der Waals surface area (Å²) < 4.78 is 33.1. The zero-order chi connectivity index (χ0) is 14.5. The zero-order valence-corrected chi connectivity index (χ0v) is 10.7. The summed E-state index contributed by atoms with van der Waals surface area (Å²) in [5, 5.41) is 2.77. The maximum absolute atomic E-state index is 12.0. The summed E-state index contributed by atoms with van der Waals surface area (Å²) in [6.45, 7) is -1.06. The van der Waals surface area contributed by atoms with Crippen molar-refractivity contribution < 1.29 is 22.7 Å². The molecule has 6 heteroatoms. The second-order valence-corrected chi connectivity index (χ2v) is 4.15. The first kappa shape index (κ1) is 14.0. The number of nitrogens with one attached hydrogen (secondary N) is 1. The third-order valence-corrected chi connectivity index (χ3v) is 2.74. The van der Waals surface area contributed by atoms with Crippen molar-refractivity contribution in [3.05, 3.63) is 54.0 Å². The summed E-state index contributed by atoms with van der Waals surface area (Å²) in [6, 6.07) is 7.40. The fourth-order valence-corrected chi connectivity index (χ4v) is 1.69. The lowest BCUT2D eigenvalue weighted by Gasteiger charge is -2.14. The van der Waals surface area contributed by atoms with E-state index in [-0.39, 0.29) is 17.7 Å².